The first-order chi connectivity index (χ1) is 9.06. The van der Waals surface area contributed by atoms with Crippen molar-refractivity contribution in [2.24, 2.45) is 11.7 Å². The van der Waals surface area contributed by atoms with E-state index in [4.69, 9.17) is 10.8 Å². The van der Waals surface area contributed by atoms with E-state index in [1.807, 2.05) is 4.90 Å². The van der Waals surface area contributed by atoms with Crippen LogP contribution in [0.25, 0.3) is 0 Å². The van der Waals surface area contributed by atoms with Crippen LogP contribution < -0.4 is 5.73 Å². The molecule has 1 aliphatic heterocycles. The van der Waals surface area contributed by atoms with E-state index in [0.29, 0.717) is 19.6 Å². The molecule has 3 N–H and O–H groups in total. The van der Waals surface area contributed by atoms with Crippen molar-refractivity contribution in [1.29, 1.82) is 0 Å². The van der Waals surface area contributed by atoms with Gasteiger partial charge in [0.15, 0.2) is 0 Å². The maximum atomic E-state index is 12.3. The quantitative estimate of drug-likeness (QED) is 0.734. The minimum absolute atomic E-state index is 0.112. The van der Waals surface area contributed by atoms with Crippen LogP contribution in [0.1, 0.15) is 25.7 Å². The van der Waals surface area contributed by atoms with Gasteiger partial charge in [-0.2, -0.15) is 0 Å². The first kappa shape index (κ1) is 14.3. The third kappa shape index (κ3) is 3.91. The number of piperazine rings is 1. The van der Waals surface area contributed by atoms with Crippen molar-refractivity contribution >= 4 is 11.9 Å². The number of carboxylic acids is 1. The van der Waals surface area contributed by atoms with Crippen LogP contribution in [0.4, 0.5) is 0 Å². The Balaban J connectivity index is 1.73. The Bertz CT molecular complexity index is 340. The number of hydrogen-bond donors (Lipinski definition) is 2. The molecule has 6 heteroatoms. The van der Waals surface area contributed by atoms with E-state index in [-0.39, 0.29) is 24.3 Å². The SMILES string of the molecule is NC1CCC(C(=O)N2CCN(CCC(=O)O)CC2)C1. The van der Waals surface area contributed by atoms with Gasteiger partial charge < -0.3 is 15.7 Å². The molecule has 19 heavy (non-hydrogen) atoms. The van der Waals surface area contributed by atoms with E-state index in [9.17, 15) is 9.59 Å². The highest BCUT2D eigenvalue weighted by Crippen LogP contribution is 2.26. The van der Waals surface area contributed by atoms with Gasteiger partial charge in [0.2, 0.25) is 5.91 Å². The summed E-state index contributed by atoms with van der Waals surface area (Å²) in [5, 5.41) is 8.65. The summed E-state index contributed by atoms with van der Waals surface area (Å²) in [7, 11) is 0. The Labute approximate surface area is 113 Å². The zero-order chi connectivity index (χ0) is 13.8. The molecule has 1 aliphatic carbocycles. The van der Waals surface area contributed by atoms with Gasteiger partial charge in [0.1, 0.15) is 0 Å². The Kier molecular flexibility index (Phi) is 4.76. The number of carbonyl (C=O) groups excluding carboxylic acids is 1. The lowest BCUT2D eigenvalue weighted by atomic mass is 10.1. The van der Waals surface area contributed by atoms with Crippen molar-refractivity contribution in [1.82, 2.24) is 9.80 Å². The first-order valence-electron chi connectivity index (χ1n) is 7.05. The van der Waals surface area contributed by atoms with E-state index in [2.05, 4.69) is 4.90 Å². The summed E-state index contributed by atoms with van der Waals surface area (Å²) in [4.78, 5) is 26.8. The molecule has 0 aromatic rings. The van der Waals surface area contributed by atoms with Gasteiger partial charge in [0.05, 0.1) is 6.42 Å². The van der Waals surface area contributed by atoms with E-state index in [1.54, 1.807) is 0 Å². The molecule has 0 aromatic carbocycles. The first-order valence-corrected chi connectivity index (χ1v) is 7.05. The van der Waals surface area contributed by atoms with Crippen molar-refractivity contribution in [3.05, 3.63) is 0 Å². The van der Waals surface area contributed by atoms with Gasteiger partial charge >= 0.3 is 5.97 Å². The minimum atomic E-state index is -0.765. The second kappa shape index (κ2) is 6.34. The molecule has 0 radical (unpaired) electrons. The lowest BCUT2D eigenvalue weighted by Gasteiger charge is -2.35. The molecule has 0 aromatic heterocycles. The number of amides is 1. The molecular formula is C13H23N3O3. The zero-order valence-electron chi connectivity index (χ0n) is 11.3. The average molecular weight is 269 g/mol. The van der Waals surface area contributed by atoms with Gasteiger partial charge in [0.25, 0.3) is 0 Å². The normalized spacial score (nSPS) is 28.6. The van der Waals surface area contributed by atoms with Crippen molar-refractivity contribution in [3.8, 4) is 0 Å². The Hall–Kier alpha value is -1.14. The molecule has 6 nitrogen and oxygen atoms in total. The number of hydrogen-bond acceptors (Lipinski definition) is 4. The molecule has 1 saturated carbocycles. The van der Waals surface area contributed by atoms with Crippen molar-refractivity contribution in [3.63, 3.8) is 0 Å². The molecule has 2 unspecified atom stereocenters. The lowest BCUT2D eigenvalue weighted by molar-refractivity contribution is -0.139. The highest BCUT2D eigenvalue weighted by atomic mass is 16.4. The summed E-state index contributed by atoms with van der Waals surface area (Å²) in [5.74, 6) is -0.412. The second-order valence-corrected chi connectivity index (χ2v) is 5.58. The summed E-state index contributed by atoms with van der Waals surface area (Å²) >= 11 is 0. The second-order valence-electron chi connectivity index (χ2n) is 5.58. The van der Waals surface area contributed by atoms with E-state index in [1.165, 1.54) is 0 Å². The third-order valence-electron chi connectivity index (χ3n) is 4.15. The molecule has 0 spiro atoms. The van der Waals surface area contributed by atoms with E-state index >= 15 is 0 Å². The maximum Gasteiger partial charge on any atom is 0.304 e. The topological polar surface area (TPSA) is 86.9 Å². The number of carbonyl (C=O) groups is 2. The molecular weight excluding hydrogens is 246 g/mol. The standard InChI is InChI=1S/C13H23N3O3/c14-11-2-1-10(9-11)13(19)16-7-5-15(6-8-16)4-3-12(17)18/h10-11H,1-9,14H2,(H,17,18). The van der Waals surface area contributed by atoms with Crippen LogP contribution >= 0.6 is 0 Å². The average Bonchev–Trinajstić information content (AvgIpc) is 2.83. The van der Waals surface area contributed by atoms with Crippen molar-refractivity contribution in [2.75, 3.05) is 32.7 Å². The fourth-order valence-electron chi connectivity index (χ4n) is 2.94. The van der Waals surface area contributed by atoms with Gasteiger partial charge in [-0.15, -0.1) is 0 Å². The largest absolute Gasteiger partial charge is 0.481 e. The van der Waals surface area contributed by atoms with Crippen LogP contribution in [0.15, 0.2) is 0 Å². The van der Waals surface area contributed by atoms with Gasteiger partial charge in [-0.3, -0.25) is 14.5 Å². The predicted molar refractivity (Wildman–Crippen MR) is 70.6 cm³/mol. The molecule has 1 amide bonds. The fourth-order valence-corrected chi connectivity index (χ4v) is 2.94. The molecule has 1 heterocycles. The Morgan fingerprint density at radius 1 is 1.16 bits per heavy atom. The number of carboxylic acid groups (broad SMARTS) is 1. The van der Waals surface area contributed by atoms with Crippen molar-refractivity contribution in [2.45, 2.75) is 31.7 Å². The van der Waals surface area contributed by atoms with Gasteiger partial charge in [-0.05, 0) is 19.3 Å². The molecule has 2 fully saturated rings. The zero-order valence-corrected chi connectivity index (χ0v) is 11.3. The summed E-state index contributed by atoms with van der Waals surface area (Å²) < 4.78 is 0. The number of aliphatic carboxylic acids is 1. The number of nitrogens with two attached hydrogens (primary N) is 1. The van der Waals surface area contributed by atoms with Gasteiger partial charge in [0, 0.05) is 44.7 Å². The molecule has 0 bridgehead atoms. The molecule has 2 atom stereocenters. The van der Waals surface area contributed by atoms with Crippen LogP contribution in [0, 0.1) is 5.92 Å². The Morgan fingerprint density at radius 2 is 1.84 bits per heavy atom. The summed E-state index contributed by atoms with van der Waals surface area (Å²) in [6.07, 6.45) is 2.86. The third-order valence-corrected chi connectivity index (χ3v) is 4.15. The van der Waals surface area contributed by atoms with E-state index < -0.39 is 5.97 Å². The van der Waals surface area contributed by atoms with Crippen LogP contribution in [-0.4, -0.2) is 65.5 Å². The summed E-state index contributed by atoms with van der Waals surface area (Å²) in [5.41, 5.74) is 5.85. The van der Waals surface area contributed by atoms with E-state index in [0.717, 1.165) is 32.4 Å². The maximum absolute atomic E-state index is 12.3. The van der Waals surface area contributed by atoms with Crippen molar-refractivity contribution < 1.29 is 14.7 Å². The van der Waals surface area contributed by atoms with Gasteiger partial charge in [-0.1, -0.05) is 0 Å². The highest BCUT2D eigenvalue weighted by molar-refractivity contribution is 5.79. The summed E-state index contributed by atoms with van der Waals surface area (Å²) in [6, 6.07) is 0.186. The predicted octanol–water partition coefficient (Wildman–Crippen LogP) is -0.267. The molecule has 2 aliphatic rings. The molecule has 2 rings (SSSR count). The number of rotatable bonds is 4. The van der Waals surface area contributed by atoms with Gasteiger partial charge in [-0.25, -0.2) is 0 Å². The van der Waals surface area contributed by atoms with Crippen LogP contribution in [-0.2, 0) is 9.59 Å². The molecule has 1 saturated heterocycles. The minimum Gasteiger partial charge on any atom is -0.481 e. The Morgan fingerprint density at radius 3 is 2.37 bits per heavy atom. The highest BCUT2D eigenvalue weighted by Gasteiger charge is 2.32. The summed E-state index contributed by atoms with van der Waals surface area (Å²) in [6.45, 7) is 3.55. The van der Waals surface area contributed by atoms with Crippen LogP contribution in [0.3, 0.4) is 0 Å². The van der Waals surface area contributed by atoms with Crippen LogP contribution in [0.5, 0.6) is 0 Å². The lowest BCUT2D eigenvalue weighted by Crippen LogP contribution is -2.50. The number of nitrogens with zero attached hydrogens (tertiary/aromatic N) is 2. The monoisotopic (exact) mass is 269 g/mol. The fraction of sp³-hybridized carbons (Fsp3) is 0.846. The molecule has 108 valence electrons. The smallest absolute Gasteiger partial charge is 0.304 e. The van der Waals surface area contributed by atoms with Crippen LogP contribution in [0.2, 0.25) is 0 Å².